The van der Waals surface area contributed by atoms with Crippen LogP contribution >= 0.6 is 0 Å². The molecule has 0 radical (unpaired) electrons. The molecule has 1 aromatic carbocycles. The van der Waals surface area contributed by atoms with Crippen molar-refractivity contribution in [2.75, 3.05) is 0 Å². The first-order chi connectivity index (χ1) is 10.4. The summed E-state index contributed by atoms with van der Waals surface area (Å²) in [5.74, 6) is -1.43. The smallest absolute Gasteiger partial charge is 0.350 e. The molecule has 0 fully saturated rings. The molecule has 9 nitrogen and oxygen atoms in total. The molecular weight excluding hydrogens is 294 g/mol. The molecule has 22 heavy (non-hydrogen) atoms. The van der Waals surface area contributed by atoms with Crippen LogP contribution in [-0.4, -0.2) is 25.6 Å². The fourth-order valence-electron chi connectivity index (χ4n) is 2.02. The van der Waals surface area contributed by atoms with Crippen LogP contribution in [0.1, 0.15) is 11.6 Å². The van der Waals surface area contributed by atoms with E-state index in [1.54, 1.807) is 30.3 Å². The average molecular weight is 305 g/mol. The van der Waals surface area contributed by atoms with Gasteiger partial charge in [-0.3, -0.25) is 14.9 Å². The van der Waals surface area contributed by atoms with Crippen LogP contribution in [0.2, 0.25) is 0 Å². The normalized spacial score (nSPS) is 11.8. The molecule has 1 aromatic heterocycles. The number of carboxylic acids is 1. The number of carboxylic acid groups (broad SMARTS) is 1. The Balaban J connectivity index is 2.57. The summed E-state index contributed by atoms with van der Waals surface area (Å²) in [5, 5.41) is 20.0. The number of hydrogen-bond acceptors (Lipinski definition) is 5. The quantitative estimate of drug-likeness (QED) is 0.603. The van der Waals surface area contributed by atoms with Gasteiger partial charge in [-0.1, -0.05) is 30.3 Å². The number of benzene rings is 1. The van der Waals surface area contributed by atoms with Gasteiger partial charge in [0, 0.05) is 6.42 Å². The Morgan fingerprint density at radius 2 is 1.95 bits per heavy atom. The summed E-state index contributed by atoms with van der Waals surface area (Å²) < 4.78 is 0.355. The molecule has 0 saturated heterocycles. The molecule has 2 N–H and O–H groups in total. The van der Waals surface area contributed by atoms with Crippen molar-refractivity contribution in [3.05, 3.63) is 73.0 Å². The van der Waals surface area contributed by atoms with Crippen molar-refractivity contribution >= 4 is 11.7 Å². The van der Waals surface area contributed by atoms with Gasteiger partial charge in [-0.15, -0.1) is 0 Å². The van der Waals surface area contributed by atoms with E-state index in [0.717, 1.165) is 0 Å². The monoisotopic (exact) mass is 305 g/mol. The van der Waals surface area contributed by atoms with Crippen LogP contribution in [0, 0.1) is 10.1 Å². The van der Waals surface area contributed by atoms with E-state index in [-0.39, 0.29) is 6.42 Å². The average Bonchev–Trinajstić information content (AvgIpc) is 2.46. The van der Waals surface area contributed by atoms with E-state index in [0.29, 0.717) is 16.3 Å². The fraction of sp³-hybridized carbons (Fsp3) is 0.154. The fourth-order valence-corrected chi connectivity index (χ4v) is 2.02. The van der Waals surface area contributed by atoms with E-state index in [9.17, 15) is 29.6 Å². The maximum Gasteiger partial charge on any atom is 0.350 e. The van der Waals surface area contributed by atoms with E-state index in [2.05, 4.69) is 0 Å². The number of carbonyl (C=O) groups is 1. The topological polar surface area (TPSA) is 135 Å². The molecule has 1 atom stereocenters. The summed E-state index contributed by atoms with van der Waals surface area (Å²) in [6.45, 7) is 0. The lowest BCUT2D eigenvalue weighted by molar-refractivity contribution is -0.386. The van der Waals surface area contributed by atoms with E-state index < -0.39 is 33.9 Å². The third kappa shape index (κ3) is 2.92. The minimum atomic E-state index is -1.54. The summed E-state index contributed by atoms with van der Waals surface area (Å²) in [7, 11) is 0. The number of nitro groups is 1. The highest BCUT2D eigenvalue weighted by molar-refractivity contribution is 5.72. The standard InChI is InChI=1S/C13H11N3O6/c17-11-10(16(21)22)7-14-13(20)15(11)9(12(18)19)6-8-4-2-1-3-5-8/h1-5,7,9H,6H2,(H,14,20)(H,18,19). The van der Waals surface area contributed by atoms with E-state index in [1.807, 2.05) is 4.98 Å². The Morgan fingerprint density at radius 3 is 2.50 bits per heavy atom. The van der Waals surface area contributed by atoms with Gasteiger partial charge in [-0.2, -0.15) is 0 Å². The summed E-state index contributed by atoms with van der Waals surface area (Å²) in [5.41, 5.74) is -2.58. The van der Waals surface area contributed by atoms with Gasteiger partial charge >= 0.3 is 22.9 Å². The third-order valence-corrected chi connectivity index (χ3v) is 3.05. The predicted octanol–water partition coefficient (Wildman–Crippen LogP) is 0.313. The van der Waals surface area contributed by atoms with Crippen LogP contribution < -0.4 is 11.2 Å². The molecular formula is C13H11N3O6. The number of hydrogen-bond donors (Lipinski definition) is 2. The lowest BCUT2D eigenvalue weighted by Gasteiger charge is -2.14. The van der Waals surface area contributed by atoms with Crippen LogP contribution in [0.25, 0.3) is 0 Å². The molecule has 1 unspecified atom stereocenters. The minimum absolute atomic E-state index is 0.152. The number of nitrogens with zero attached hydrogens (tertiary/aromatic N) is 2. The van der Waals surface area contributed by atoms with Crippen molar-refractivity contribution in [1.82, 2.24) is 9.55 Å². The van der Waals surface area contributed by atoms with Gasteiger partial charge < -0.3 is 10.1 Å². The Labute approximate surface area is 122 Å². The number of aromatic amines is 1. The van der Waals surface area contributed by atoms with Gasteiger partial charge in [0.25, 0.3) is 0 Å². The van der Waals surface area contributed by atoms with Gasteiger partial charge in [0.2, 0.25) is 0 Å². The van der Waals surface area contributed by atoms with Crippen molar-refractivity contribution in [3.8, 4) is 0 Å². The number of nitrogens with one attached hydrogen (secondary N) is 1. The molecule has 0 aliphatic heterocycles. The Kier molecular flexibility index (Phi) is 4.16. The highest BCUT2D eigenvalue weighted by atomic mass is 16.6. The van der Waals surface area contributed by atoms with E-state index >= 15 is 0 Å². The zero-order valence-electron chi connectivity index (χ0n) is 11.1. The first-order valence-electron chi connectivity index (χ1n) is 6.17. The molecule has 0 amide bonds. The van der Waals surface area contributed by atoms with Crippen molar-refractivity contribution in [1.29, 1.82) is 0 Å². The van der Waals surface area contributed by atoms with E-state index in [1.165, 1.54) is 0 Å². The summed E-state index contributed by atoms with van der Waals surface area (Å²) >= 11 is 0. The predicted molar refractivity (Wildman–Crippen MR) is 74.8 cm³/mol. The number of aromatic nitrogens is 2. The van der Waals surface area contributed by atoms with Gasteiger partial charge in [0.15, 0.2) is 0 Å². The number of H-pyrrole nitrogens is 1. The largest absolute Gasteiger partial charge is 0.480 e. The van der Waals surface area contributed by atoms with Gasteiger partial charge in [-0.05, 0) is 5.56 Å². The summed E-state index contributed by atoms with van der Waals surface area (Å²) in [6, 6.07) is 6.80. The SMILES string of the molecule is O=C(O)C(Cc1ccccc1)n1c(=O)[nH]cc([N+](=O)[O-])c1=O. The second-order valence-corrected chi connectivity index (χ2v) is 4.46. The van der Waals surface area contributed by atoms with Crippen molar-refractivity contribution in [3.63, 3.8) is 0 Å². The molecule has 0 saturated carbocycles. The first-order valence-corrected chi connectivity index (χ1v) is 6.17. The molecule has 2 aromatic rings. The zero-order chi connectivity index (χ0) is 16.3. The minimum Gasteiger partial charge on any atom is -0.480 e. The molecule has 2 rings (SSSR count). The van der Waals surface area contributed by atoms with Crippen LogP contribution in [0.3, 0.4) is 0 Å². The maximum atomic E-state index is 12.0. The van der Waals surface area contributed by atoms with E-state index in [4.69, 9.17) is 0 Å². The molecule has 0 spiro atoms. The molecule has 0 bridgehead atoms. The molecule has 9 heteroatoms. The lowest BCUT2D eigenvalue weighted by Crippen LogP contribution is -2.42. The second kappa shape index (κ2) is 6.04. The van der Waals surface area contributed by atoms with Gasteiger partial charge in [0.05, 0.1) is 11.1 Å². The lowest BCUT2D eigenvalue weighted by atomic mass is 10.1. The second-order valence-electron chi connectivity index (χ2n) is 4.46. The van der Waals surface area contributed by atoms with Crippen molar-refractivity contribution in [2.24, 2.45) is 0 Å². The Hall–Kier alpha value is -3.23. The van der Waals surface area contributed by atoms with Crippen molar-refractivity contribution < 1.29 is 14.8 Å². The van der Waals surface area contributed by atoms with Crippen LogP contribution in [0.15, 0.2) is 46.1 Å². The maximum absolute atomic E-state index is 12.0. The van der Waals surface area contributed by atoms with Crippen LogP contribution in [0.5, 0.6) is 0 Å². The molecule has 0 aliphatic rings. The van der Waals surface area contributed by atoms with Crippen LogP contribution in [-0.2, 0) is 11.2 Å². The summed E-state index contributed by atoms with van der Waals surface area (Å²) in [4.78, 5) is 47.0. The molecule has 114 valence electrons. The summed E-state index contributed by atoms with van der Waals surface area (Å²) in [6.07, 6.45) is 0.503. The van der Waals surface area contributed by atoms with Gasteiger partial charge in [-0.25, -0.2) is 14.2 Å². The highest BCUT2D eigenvalue weighted by Crippen LogP contribution is 2.12. The third-order valence-electron chi connectivity index (χ3n) is 3.05. The molecule has 1 heterocycles. The number of rotatable bonds is 5. The van der Waals surface area contributed by atoms with Gasteiger partial charge in [0.1, 0.15) is 6.04 Å². The Bertz CT molecular complexity index is 824. The number of aliphatic carboxylic acids is 1. The Morgan fingerprint density at radius 1 is 1.32 bits per heavy atom. The first kappa shape index (κ1) is 15.2. The van der Waals surface area contributed by atoms with Crippen molar-refractivity contribution in [2.45, 2.75) is 12.5 Å². The molecule has 0 aliphatic carbocycles. The van der Waals surface area contributed by atoms with Crippen LogP contribution in [0.4, 0.5) is 5.69 Å². The zero-order valence-corrected chi connectivity index (χ0v) is 11.1. The highest BCUT2D eigenvalue weighted by Gasteiger charge is 2.27.